The molecule has 0 spiro atoms. The molecule has 1 aromatic heterocycles. The molecule has 0 radical (unpaired) electrons. The lowest BCUT2D eigenvalue weighted by atomic mass is 10.4. The maximum absolute atomic E-state index is 12.3. The van der Waals surface area contributed by atoms with Gasteiger partial charge in [-0.3, -0.25) is 4.79 Å². The van der Waals surface area contributed by atoms with Crippen LogP contribution in [0.15, 0.2) is 17.2 Å². The van der Waals surface area contributed by atoms with Gasteiger partial charge in [0, 0.05) is 31.0 Å². The van der Waals surface area contributed by atoms with E-state index in [9.17, 15) is 22.0 Å². The second-order valence-corrected chi connectivity index (χ2v) is 6.31. The van der Waals surface area contributed by atoms with Crippen molar-refractivity contribution in [2.24, 2.45) is 0 Å². The molecule has 0 aliphatic heterocycles. The van der Waals surface area contributed by atoms with Gasteiger partial charge in [0.1, 0.15) is 10.6 Å². The molecule has 0 aliphatic rings. The zero-order chi connectivity index (χ0) is 14.1. The Labute approximate surface area is 107 Å². The number of carbonyl (C=O) groups is 1. The first-order valence-electron chi connectivity index (χ1n) is 4.77. The molecule has 5 nitrogen and oxygen atoms in total. The Balaban J connectivity index is 3.30. The number of nitrogens with zero attached hydrogens (tertiary/aromatic N) is 2. The van der Waals surface area contributed by atoms with Crippen molar-refractivity contribution < 1.29 is 22.0 Å². The molecule has 0 saturated heterocycles. The lowest BCUT2D eigenvalue weighted by molar-refractivity contribution is 0.0806. The summed E-state index contributed by atoms with van der Waals surface area (Å²) in [6.45, 7) is -0.776. The van der Waals surface area contributed by atoms with Crippen molar-refractivity contribution in [2.75, 3.05) is 14.1 Å². The predicted molar refractivity (Wildman–Crippen MR) is 61.5 cm³/mol. The Bertz CT molecular complexity index is 554. The minimum atomic E-state index is -4.06. The molecule has 9 heteroatoms. The fourth-order valence-corrected chi connectivity index (χ4v) is 2.08. The van der Waals surface area contributed by atoms with Gasteiger partial charge in [0.05, 0.1) is 6.54 Å². The summed E-state index contributed by atoms with van der Waals surface area (Å²) in [6, 6.07) is 0.979. The third-order valence-corrected chi connectivity index (χ3v) is 3.43. The number of hydrogen-bond acceptors (Lipinski definition) is 3. The van der Waals surface area contributed by atoms with Gasteiger partial charge in [-0.05, 0) is 6.07 Å². The minimum Gasteiger partial charge on any atom is -0.343 e. The van der Waals surface area contributed by atoms with E-state index in [4.69, 9.17) is 10.7 Å². The topological polar surface area (TPSA) is 59.4 Å². The zero-order valence-electron chi connectivity index (χ0n) is 9.60. The summed E-state index contributed by atoms with van der Waals surface area (Å²) in [5.41, 5.74) is -0.153. The Morgan fingerprint density at radius 2 is 2.06 bits per heavy atom. The van der Waals surface area contributed by atoms with E-state index in [1.165, 1.54) is 14.1 Å². The maximum Gasteiger partial charge on any atom is 0.270 e. The molecule has 0 aromatic carbocycles. The van der Waals surface area contributed by atoms with Crippen LogP contribution in [0.2, 0.25) is 0 Å². The van der Waals surface area contributed by atoms with Gasteiger partial charge in [-0.1, -0.05) is 0 Å². The number of aromatic nitrogens is 1. The van der Waals surface area contributed by atoms with E-state index in [1.54, 1.807) is 0 Å². The smallest absolute Gasteiger partial charge is 0.270 e. The monoisotopic (exact) mass is 300 g/mol. The molecular weight excluding hydrogens is 290 g/mol. The van der Waals surface area contributed by atoms with E-state index in [1.807, 2.05) is 0 Å². The van der Waals surface area contributed by atoms with Crippen molar-refractivity contribution in [3.8, 4) is 0 Å². The average molecular weight is 301 g/mol. The molecule has 1 aromatic rings. The van der Waals surface area contributed by atoms with E-state index < -0.39 is 27.9 Å². The minimum absolute atomic E-state index is 0.153. The second-order valence-electron chi connectivity index (χ2n) is 3.74. The van der Waals surface area contributed by atoms with Gasteiger partial charge in [0.25, 0.3) is 21.4 Å². The predicted octanol–water partition coefficient (Wildman–Crippen LogP) is 1.38. The van der Waals surface area contributed by atoms with Crippen LogP contribution < -0.4 is 0 Å². The highest BCUT2D eigenvalue weighted by atomic mass is 35.7. The average Bonchev–Trinajstić information content (AvgIpc) is 2.58. The lowest BCUT2D eigenvalue weighted by Crippen LogP contribution is -2.25. The lowest BCUT2D eigenvalue weighted by Gasteiger charge is -2.12. The number of amides is 1. The van der Waals surface area contributed by atoms with Crippen molar-refractivity contribution in [1.82, 2.24) is 9.47 Å². The summed E-state index contributed by atoms with van der Waals surface area (Å²) >= 11 is 0. The SMILES string of the molecule is CN(C)C(=O)c1cc(S(=O)(=O)Cl)cn1CC(F)F. The van der Waals surface area contributed by atoms with E-state index in [2.05, 4.69) is 0 Å². The highest BCUT2D eigenvalue weighted by Gasteiger charge is 2.22. The molecule has 0 aliphatic carbocycles. The number of hydrogen-bond donors (Lipinski definition) is 0. The number of rotatable bonds is 4. The highest BCUT2D eigenvalue weighted by molar-refractivity contribution is 8.13. The van der Waals surface area contributed by atoms with Crippen molar-refractivity contribution >= 4 is 25.6 Å². The van der Waals surface area contributed by atoms with Gasteiger partial charge in [-0.15, -0.1) is 0 Å². The standard InChI is InChI=1S/C9H11ClF2N2O3S/c1-13(2)9(15)7-3-6(18(10,16)17)4-14(7)5-8(11)12/h3-4,8H,5H2,1-2H3. The molecule has 102 valence electrons. The molecule has 0 bridgehead atoms. The van der Waals surface area contributed by atoms with Crippen LogP contribution in [0.1, 0.15) is 10.5 Å². The maximum atomic E-state index is 12.3. The molecule has 0 atom stereocenters. The summed E-state index contributed by atoms with van der Waals surface area (Å²) in [5.74, 6) is -0.581. The van der Waals surface area contributed by atoms with Crippen LogP contribution in [0.25, 0.3) is 0 Å². The van der Waals surface area contributed by atoms with E-state index in [0.29, 0.717) is 0 Å². The van der Waals surface area contributed by atoms with Crippen LogP contribution in [-0.4, -0.2) is 44.3 Å². The van der Waals surface area contributed by atoms with Crippen LogP contribution in [0.3, 0.4) is 0 Å². The number of halogens is 3. The summed E-state index contributed by atoms with van der Waals surface area (Å²) in [4.78, 5) is 12.5. The summed E-state index contributed by atoms with van der Waals surface area (Å²) in [7, 11) is 3.90. The van der Waals surface area contributed by atoms with Gasteiger partial charge in [0.2, 0.25) is 0 Å². The van der Waals surface area contributed by atoms with Crippen LogP contribution in [0, 0.1) is 0 Å². The molecule has 0 fully saturated rings. The van der Waals surface area contributed by atoms with Crippen molar-refractivity contribution in [2.45, 2.75) is 17.9 Å². The molecule has 0 unspecified atom stereocenters. The van der Waals surface area contributed by atoms with E-state index in [0.717, 1.165) is 21.7 Å². The molecule has 0 saturated carbocycles. The molecular formula is C9H11ClF2N2O3S. The molecule has 18 heavy (non-hydrogen) atoms. The van der Waals surface area contributed by atoms with E-state index >= 15 is 0 Å². The second kappa shape index (κ2) is 5.23. The summed E-state index contributed by atoms with van der Waals surface area (Å²) in [6.07, 6.45) is -1.79. The Hall–Kier alpha value is -1.15. The van der Waals surface area contributed by atoms with Crippen molar-refractivity contribution in [3.05, 3.63) is 18.0 Å². The zero-order valence-corrected chi connectivity index (χ0v) is 11.2. The fraction of sp³-hybridized carbons (Fsp3) is 0.444. The van der Waals surface area contributed by atoms with E-state index in [-0.39, 0.29) is 10.6 Å². The van der Waals surface area contributed by atoms with Crippen LogP contribution in [0.4, 0.5) is 8.78 Å². The first kappa shape index (κ1) is 14.9. The van der Waals surface area contributed by atoms with Gasteiger partial charge in [0.15, 0.2) is 0 Å². The molecule has 1 rings (SSSR count). The van der Waals surface area contributed by atoms with Gasteiger partial charge >= 0.3 is 0 Å². The largest absolute Gasteiger partial charge is 0.343 e. The Morgan fingerprint density at radius 3 is 2.44 bits per heavy atom. The molecule has 1 amide bonds. The van der Waals surface area contributed by atoms with Gasteiger partial charge < -0.3 is 9.47 Å². The summed E-state index contributed by atoms with van der Waals surface area (Å²) < 4.78 is 47.8. The Kier molecular flexibility index (Phi) is 4.33. The highest BCUT2D eigenvalue weighted by Crippen LogP contribution is 2.20. The number of alkyl halides is 2. The molecule has 0 N–H and O–H groups in total. The van der Waals surface area contributed by atoms with Crippen LogP contribution in [0.5, 0.6) is 0 Å². The quantitative estimate of drug-likeness (QED) is 0.789. The van der Waals surface area contributed by atoms with Crippen molar-refractivity contribution in [3.63, 3.8) is 0 Å². The summed E-state index contributed by atoms with van der Waals surface area (Å²) in [5, 5.41) is 0. The van der Waals surface area contributed by atoms with Crippen molar-refractivity contribution in [1.29, 1.82) is 0 Å². The third-order valence-electron chi connectivity index (χ3n) is 2.11. The van der Waals surface area contributed by atoms with Gasteiger partial charge in [-0.2, -0.15) is 0 Å². The van der Waals surface area contributed by atoms with Crippen LogP contribution in [-0.2, 0) is 15.6 Å². The third kappa shape index (κ3) is 3.42. The fourth-order valence-electron chi connectivity index (χ4n) is 1.32. The first-order chi connectivity index (χ1) is 8.12. The van der Waals surface area contributed by atoms with Gasteiger partial charge in [-0.25, -0.2) is 17.2 Å². The normalized spacial score (nSPS) is 11.9. The molecule has 1 heterocycles. The van der Waals surface area contributed by atoms with Crippen LogP contribution >= 0.6 is 10.7 Å². The number of carbonyl (C=O) groups excluding carboxylic acids is 1. The first-order valence-corrected chi connectivity index (χ1v) is 7.08. The Morgan fingerprint density at radius 1 is 1.50 bits per heavy atom.